The van der Waals surface area contributed by atoms with Crippen LogP contribution in [-0.4, -0.2) is 50.7 Å². The first-order chi connectivity index (χ1) is 15.7. The zero-order chi connectivity index (χ0) is 22.2. The monoisotopic (exact) mass is 467 g/mol. The lowest BCUT2D eigenvalue weighted by Crippen LogP contribution is -2.30. The van der Waals surface area contributed by atoms with Crippen molar-refractivity contribution in [1.29, 1.82) is 0 Å². The zero-order valence-corrected chi connectivity index (χ0v) is 20.0. The van der Waals surface area contributed by atoms with Crippen LogP contribution in [0, 0.1) is 0 Å². The third-order valence-corrected chi connectivity index (χ3v) is 7.17. The van der Waals surface area contributed by atoms with Gasteiger partial charge in [-0.15, -0.1) is 22.0 Å². The van der Waals surface area contributed by atoms with Crippen LogP contribution in [0.25, 0.3) is 0 Å². The summed E-state index contributed by atoms with van der Waals surface area (Å²) in [5.41, 5.74) is 2.02. The van der Waals surface area contributed by atoms with Gasteiger partial charge in [-0.25, -0.2) is 0 Å². The molecule has 0 bridgehead atoms. The molecule has 0 aliphatic carbocycles. The Kier molecular flexibility index (Phi) is 8.25. The molecule has 3 aromatic rings. The maximum Gasteiger partial charge on any atom is 0.234 e. The molecule has 0 spiro atoms. The lowest BCUT2D eigenvalue weighted by atomic mass is 10.1. The number of piperidine rings is 1. The van der Waals surface area contributed by atoms with Crippen LogP contribution < -0.4 is 5.32 Å². The van der Waals surface area contributed by atoms with Crippen LogP contribution in [0.15, 0.2) is 64.6 Å². The van der Waals surface area contributed by atoms with Gasteiger partial charge >= 0.3 is 0 Å². The van der Waals surface area contributed by atoms with Gasteiger partial charge in [0.05, 0.1) is 18.8 Å². The number of nitrogens with zero attached hydrogens (tertiary/aromatic N) is 4. The number of carbonyl (C=O) groups excluding carboxylic acids is 1. The summed E-state index contributed by atoms with van der Waals surface area (Å²) in [7, 11) is 0. The molecule has 1 N–H and O–H groups in total. The van der Waals surface area contributed by atoms with Crippen molar-refractivity contribution in [3.8, 4) is 0 Å². The Bertz CT molecular complexity index is 1020. The third kappa shape index (κ3) is 6.37. The van der Waals surface area contributed by atoms with Crippen molar-refractivity contribution in [1.82, 2.24) is 19.7 Å². The molecule has 1 fully saturated rings. The van der Waals surface area contributed by atoms with E-state index in [1.54, 1.807) is 11.8 Å². The number of thioether (sulfide) groups is 2. The van der Waals surface area contributed by atoms with Gasteiger partial charge in [-0.1, -0.05) is 54.6 Å². The number of hydrogen-bond donors (Lipinski definition) is 1. The highest BCUT2D eigenvalue weighted by atomic mass is 32.2. The number of nitrogens with one attached hydrogen (secondary N) is 1. The first kappa shape index (κ1) is 22.9. The number of rotatable bonds is 9. The maximum atomic E-state index is 12.6. The Morgan fingerprint density at radius 1 is 1.00 bits per heavy atom. The summed E-state index contributed by atoms with van der Waals surface area (Å²) in [6, 6.07) is 18.2. The van der Waals surface area contributed by atoms with Crippen LogP contribution in [0.2, 0.25) is 0 Å². The van der Waals surface area contributed by atoms with Gasteiger partial charge in [0, 0.05) is 10.6 Å². The molecule has 168 valence electrons. The minimum Gasteiger partial charge on any atom is -0.325 e. The van der Waals surface area contributed by atoms with Crippen molar-refractivity contribution in [3.63, 3.8) is 0 Å². The molecule has 1 aliphatic heterocycles. The second-order valence-electron chi connectivity index (χ2n) is 7.88. The van der Waals surface area contributed by atoms with Crippen LogP contribution in [0.4, 0.5) is 5.69 Å². The predicted octanol–water partition coefficient (Wildman–Crippen LogP) is 4.77. The van der Waals surface area contributed by atoms with Gasteiger partial charge in [-0.2, -0.15) is 0 Å². The van der Waals surface area contributed by atoms with Gasteiger partial charge in [0.2, 0.25) is 5.91 Å². The van der Waals surface area contributed by atoms with Gasteiger partial charge in [0.1, 0.15) is 5.82 Å². The van der Waals surface area contributed by atoms with E-state index in [2.05, 4.69) is 37.1 Å². The van der Waals surface area contributed by atoms with Gasteiger partial charge < -0.3 is 9.88 Å². The van der Waals surface area contributed by atoms with Crippen LogP contribution in [0.5, 0.6) is 0 Å². The zero-order valence-electron chi connectivity index (χ0n) is 18.4. The topological polar surface area (TPSA) is 63.1 Å². The summed E-state index contributed by atoms with van der Waals surface area (Å²) in [6.07, 6.45) is 5.82. The SMILES string of the molecule is CSc1cccc(NC(=O)CSc2nnc(CN3CCCCC3)n2Cc2ccccc2)c1. The molecule has 6 nitrogen and oxygen atoms in total. The van der Waals surface area contributed by atoms with E-state index in [1.807, 2.05) is 48.7 Å². The fourth-order valence-electron chi connectivity index (χ4n) is 3.81. The average Bonchev–Trinajstić information content (AvgIpc) is 3.20. The van der Waals surface area contributed by atoms with E-state index in [0.717, 1.165) is 41.2 Å². The van der Waals surface area contributed by atoms with Crippen molar-refractivity contribution < 1.29 is 4.79 Å². The fourth-order valence-corrected chi connectivity index (χ4v) is 5.03. The Morgan fingerprint density at radius 3 is 2.59 bits per heavy atom. The highest BCUT2D eigenvalue weighted by Crippen LogP contribution is 2.22. The number of anilines is 1. The highest BCUT2D eigenvalue weighted by Gasteiger charge is 2.18. The number of hydrogen-bond acceptors (Lipinski definition) is 6. The Hall–Kier alpha value is -2.29. The second-order valence-corrected chi connectivity index (χ2v) is 9.70. The summed E-state index contributed by atoms with van der Waals surface area (Å²) in [4.78, 5) is 16.2. The second kappa shape index (κ2) is 11.5. The number of aromatic nitrogens is 3. The van der Waals surface area contributed by atoms with Gasteiger partial charge in [0.15, 0.2) is 5.16 Å². The minimum atomic E-state index is -0.0416. The van der Waals surface area contributed by atoms with E-state index < -0.39 is 0 Å². The molecule has 0 radical (unpaired) electrons. The normalized spacial score (nSPS) is 14.4. The van der Waals surface area contributed by atoms with E-state index >= 15 is 0 Å². The summed E-state index contributed by atoms with van der Waals surface area (Å²) >= 11 is 3.10. The highest BCUT2D eigenvalue weighted by molar-refractivity contribution is 7.99. The van der Waals surface area contributed by atoms with Crippen molar-refractivity contribution >= 4 is 35.1 Å². The Labute approximate surface area is 198 Å². The molecular formula is C24H29N5OS2. The summed E-state index contributed by atoms with van der Waals surface area (Å²) in [5, 5.41) is 12.7. The first-order valence-electron chi connectivity index (χ1n) is 11.0. The van der Waals surface area contributed by atoms with Gasteiger partial charge in [-0.3, -0.25) is 9.69 Å². The van der Waals surface area contributed by atoms with Gasteiger partial charge in [0.25, 0.3) is 0 Å². The standard InChI is InChI=1S/C24H29N5OS2/c1-31-21-12-8-11-20(15-21)25-23(30)18-32-24-27-26-22(17-28-13-6-3-7-14-28)29(24)16-19-9-4-2-5-10-19/h2,4-5,8-12,15H,3,6-7,13-14,16-18H2,1H3,(H,25,30). The van der Waals surface area contributed by atoms with E-state index in [1.165, 1.54) is 36.6 Å². The lowest BCUT2D eigenvalue weighted by Gasteiger charge is -2.26. The quantitative estimate of drug-likeness (QED) is 0.458. The molecule has 0 saturated carbocycles. The van der Waals surface area contributed by atoms with Crippen molar-refractivity contribution in [2.75, 3.05) is 30.4 Å². The van der Waals surface area contributed by atoms with Crippen LogP contribution in [0.1, 0.15) is 30.7 Å². The molecule has 1 aliphatic rings. The minimum absolute atomic E-state index is 0.0416. The molecule has 32 heavy (non-hydrogen) atoms. The predicted molar refractivity (Wildman–Crippen MR) is 132 cm³/mol. The van der Waals surface area contributed by atoms with Crippen molar-refractivity contribution in [2.24, 2.45) is 0 Å². The number of benzene rings is 2. The van der Waals surface area contributed by atoms with Crippen LogP contribution >= 0.6 is 23.5 Å². The molecule has 8 heteroatoms. The van der Waals surface area contributed by atoms with Crippen LogP contribution in [0.3, 0.4) is 0 Å². The number of likely N-dealkylation sites (tertiary alicyclic amines) is 1. The van der Waals surface area contributed by atoms with E-state index in [-0.39, 0.29) is 5.91 Å². The number of carbonyl (C=O) groups is 1. The summed E-state index contributed by atoms with van der Waals surface area (Å²) < 4.78 is 2.16. The first-order valence-corrected chi connectivity index (χ1v) is 13.2. The molecule has 0 unspecified atom stereocenters. The van der Waals surface area contributed by atoms with E-state index in [4.69, 9.17) is 0 Å². The van der Waals surface area contributed by atoms with Gasteiger partial charge in [-0.05, 0) is 55.9 Å². The fraction of sp³-hybridized carbons (Fsp3) is 0.375. The van der Waals surface area contributed by atoms with E-state index in [9.17, 15) is 4.79 Å². The van der Waals surface area contributed by atoms with Crippen LogP contribution in [-0.2, 0) is 17.9 Å². The average molecular weight is 468 g/mol. The number of amides is 1. The molecule has 1 amide bonds. The Morgan fingerprint density at radius 2 is 1.81 bits per heavy atom. The van der Waals surface area contributed by atoms with Crippen molar-refractivity contribution in [2.45, 2.75) is 42.4 Å². The Balaban J connectivity index is 1.44. The molecule has 1 aromatic heterocycles. The smallest absolute Gasteiger partial charge is 0.234 e. The molecule has 2 aromatic carbocycles. The molecular weight excluding hydrogens is 438 g/mol. The largest absolute Gasteiger partial charge is 0.325 e. The molecule has 1 saturated heterocycles. The maximum absolute atomic E-state index is 12.6. The summed E-state index contributed by atoms with van der Waals surface area (Å²) in [6.45, 7) is 3.72. The van der Waals surface area contributed by atoms with E-state index in [0.29, 0.717) is 12.3 Å². The molecule has 2 heterocycles. The molecule has 0 atom stereocenters. The van der Waals surface area contributed by atoms with Crippen molar-refractivity contribution in [3.05, 3.63) is 66.0 Å². The lowest BCUT2D eigenvalue weighted by molar-refractivity contribution is -0.113. The third-order valence-electron chi connectivity index (χ3n) is 5.48. The molecule has 4 rings (SSSR count). The summed E-state index contributed by atoms with van der Waals surface area (Å²) in [5.74, 6) is 1.21.